The quantitative estimate of drug-likeness (QED) is 0.375. The Kier molecular flexibility index (Phi) is 9.87. The summed E-state index contributed by atoms with van der Waals surface area (Å²) < 4.78 is 10.9. The van der Waals surface area contributed by atoms with Crippen molar-refractivity contribution in [1.29, 1.82) is 0 Å². The molecule has 1 heterocycles. The Morgan fingerprint density at radius 3 is 2.52 bits per heavy atom. The summed E-state index contributed by atoms with van der Waals surface area (Å²) in [6.45, 7) is 4.16. The predicted molar refractivity (Wildman–Crippen MR) is 81.1 cm³/mol. The highest BCUT2D eigenvalue weighted by atomic mass is 16.6. The van der Waals surface area contributed by atoms with E-state index in [2.05, 4.69) is 6.58 Å². The number of ether oxygens (including phenoxy) is 2. The van der Waals surface area contributed by atoms with Crippen molar-refractivity contribution in [2.24, 2.45) is 0 Å². The molecule has 5 heteroatoms. The molecule has 124 valence electrons. The molecule has 1 aliphatic rings. The summed E-state index contributed by atoms with van der Waals surface area (Å²) >= 11 is 0. The molecule has 1 fully saturated rings. The molecule has 1 rings (SSSR count). The summed E-state index contributed by atoms with van der Waals surface area (Å²) in [5.41, 5.74) is 0. The van der Waals surface area contributed by atoms with Crippen molar-refractivity contribution >= 4 is 0 Å². The topological polar surface area (TPSA) is 79.2 Å². The average Bonchev–Trinajstić information content (AvgIpc) is 2.86. The lowest BCUT2D eigenvalue weighted by molar-refractivity contribution is -0.0730. The largest absolute Gasteiger partial charge is 0.394 e. The van der Waals surface area contributed by atoms with Crippen LogP contribution in [0, 0.1) is 0 Å². The SMILES string of the molecule is C=CCCCCCCCCO[C@@H]1CO[C@@H]([C@@H](O)CO)[C@H]1O. The molecule has 0 aromatic heterocycles. The van der Waals surface area contributed by atoms with E-state index >= 15 is 0 Å². The van der Waals surface area contributed by atoms with Gasteiger partial charge in [-0.15, -0.1) is 6.58 Å². The van der Waals surface area contributed by atoms with Gasteiger partial charge < -0.3 is 24.8 Å². The fourth-order valence-corrected chi connectivity index (χ4v) is 2.54. The minimum atomic E-state index is -1.05. The van der Waals surface area contributed by atoms with E-state index in [1.807, 2.05) is 6.08 Å². The van der Waals surface area contributed by atoms with E-state index in [4.69, 9.17) is 14.6 Å². The molecule has 5 nitrogen and oxygen atoms in total. The van der Waals surface area contributed by atoms with Crippen LogP contribution in [-0.4, -0.2) is 59.6 Å². The van der Waals surface area contributed by atoms with Crippen molar-refractivity contribution in [3.8, 4) is 0 Å². The molecule has 0 aromatic carbocycles. The minimum Gasteiger partial charge on any atom is -0.394 e. The van der Waals surface area contributed by atoms with Crippen LogP contribution in [-0.2, 0) is 9.47 Å². The second-order valence-electron chi connectivity index (χ2n) is 5.65. The van der Waals surface area contributed by atoms with Crippen LogP contribution in [0.15, 0.2) is 12.7 Å². The summed E-state index contributed by atoms with van der Waals surface area (Å²) in [4.78, 5) is 0. The van der Waals surface area contributed by atoms with Crippen molar-refractivity contribution in [2.45, 2.75) is 69.4 Å². The third-order valence-corrected chi connectivity index (χ3v) is 3.87. The molecule has 1 saturated heterocycles. The molecule has 3 N–H and O–H groups in total. The zero-order valence-corrected chi connectivity index (χ0v) is 12.8. The maximum atomic E-state index is 9.94. The molecular weight excluding hydrogens is 272 g/mol. The molecule has 1 aliphatic heterocycles. The fraction of sp³-hybridized carbons (Fsp3) is 0.875. The number of unbranched alkanes of at least 4 members (excludes halogenated alkanes) is 6. The van der Waals surface area contributed by atoms with Crippen molar-refractivity contribution in [1.82, 2.24) is 0 Å². The number of hydrogen-bond donors (Lipinski definition) is 3. The van der Waals surface area contributed by atoms with Crippen LogP contribution in [0.3, 0.4) is 0 Å². The molecular formula is C16H30O5. The maximum absolute atomic E-state index is 9.94. The molecule has 0 aromatic rings. The van der Waals surface area contributed by atoms with Gasteiger partial charge in [0.2, 0.25) is 0 Å². The first-order valence-corrected chi connectivity index (χ1v) is 8.01. The van der Waals surface area contributed by atoms with Gasteiger partial charge in [-0.1, -0.05) is 31.8 Å². The van der Waals surface area contributed by atoms with E-state index in [1.54, 1.807) is 0 Å². The smallest absolute Gasteiger partial charge is 0.114 e. The molecule has 0 bridgehead atoms. The molecule has 0 amide bonds. The van der Waals surface area contributed by atoms with Gasteiger partial charge in [-0.05, 0) is 19.3 Å². The Morgan fingerprint density at radius 2 is 1.86 bits per heavy atom. The van der Waals surface area contributed by atoms with Crippen molar-refractivity contribution in [2.75, 3.05) is 19.8 Å². The van der Waals surface area contributed by atoms with Gasteiger partial charge in [0.25, 0.3) is 0 Å². The third kappa shape index (κ3) is 6.89. The summed E-state index contributed by atoms with van der Waals surface area (Å²) in [7, 11) is 0. The van der Waals surface area contributed by atoms with E-state index in [-0.39, 0.29) is 6.61 Å². The number of aliphatic hydroxyl groups excluding tert-OH is 3. The first-order valence-electron chi connectivity index (χ1n) is 8.01. The Hall–Kier alpha value is -0.460. The molecule has 0 spiro atoms. The second-order valence-corrected chi connectivity index (χ2v) is 5.65. The monoisotopic (exact) mass is 302 g/mol. The number of hydrogen-bond acceptors (Lipinski definition) is 5. The molecule has 0 unspecified atom stereocenters. The van der Waals surface area contributed by atoms with Crippen molar-refractivity contribution in [3.05, 3.63) is 12.7 Å². The minimum absolute atomic E-state index is 0.268. The van der Waals surface area contributed by atoms with E-state index in [0.29, 0.717) is 6.61 Å². The number of allylic oxidation sites excluding steroid dienone is 1. The second kappa shape index (κ2) is 11.2. The lowest BCUT2D eigenvalue weighted by Gasteiger charge is -2.20. The number of rotatable bonds is 12. The molecule has 0 radical (unpaired) electrons. The standard InChI is InChI=1S/C16H30O5/c1-2-3-4-5-6-7-8-9-10-20-14-12-21-16(15(14)19)13(18)11-17/h2,13-19H,1,3-12H2/t13-,14+,15-,16-/m0/s1. The highest BCUT2D eigenvalue weighted by Crippen LogP contribution is 2.20. The van der Waals surface area contributed by atoms with Gasteiger partial charge in [-0.3, -0.25) is 0 Å². The van der Waals surface area contributed by atoms with Crippen molar-refractivity contribution < 1.29 is 24.8 Å². The van der Waals surface area contributed by atoms with Crippen LogP contribution in [0.4, 0.5) is 0 Å². The fourth-order valence-electron chi connectivity index (χ4n) is 2.54. The van der Waals surface area contributed by atoms with Crippen LogP contribution < -0.4 is 0 Å². The van der Waals surface area contributed by atoms with Crippen LogP contribution in [0.25, 0.3) is 0 Å². The molecule has 0 saturated carbocycles. The van der Waals surface area contributed by atoms with Gasteiger partial charge in [0, 0.05) is 6.61 Å². The van der Waals surface area contributed by atoms with Crippen LogP contribution in [0.5, 0.6) is 0 Å². The lowest BCUT2D eigenvalue weighted by Crippen LogP contribution is -2.41. The van der Waals surface area contributed by atoms with Gasteiger partial charge in [0.1, 0.15) is 24.4 Å². The molecule has 21 heavy (non-hydrogen) atoms. The van der Waals surface area contributed by atoms with Gasteiger partial charge >= 0.3 is 0 Å². The van der Waals surface area contributed by atoms with Gasteiger partial charge in [0.15, 0.2) is 0 Å². The van der Waals surface area contributed by atoms with E-state index < -0.39 is 31.0 Å². The van der Waals surface area contributed by atoms with Gasteiger partial charge in [0.05, 0.1) is 13.2 Å². The summed E-state index contributed by atoms with van der Waals surface area (Å²) in [6.07, 6.45) is 7.02. The first kappa shape index (κ1) is 18.6. The number of aliphatic hydroxyl groups is 3. The zero-order chi connectivity index (χ0) is 15.5. The van der Waals surface area contributed by atoms with Crippen LogP contribution in [0.2, 0.25) is 0 Å². The normalized spacial score (nSPS) is 26.9. The summed E-state index contributed by atoms with van der Waals surface area (Å²) in [6, 6.07) is 0. The third-order valence-electron chi connectivity index (χ3n) is 3.87. The Balaban J connectivity index is 1.99. The Bertz CT molecular complexity index is 271. The predicted octanol–water partition coefficient (Wildman–Crippen LogP) is 1.40. The molecule has 0 aliphatic carbocycles. The highest BCUT2D eigenvalue weighted by Gasteiger charge is 2.40. The van der Waals surface area contributed by atoms with E-state index in [0.717, 1.165) is 19.3 Å². The van der Waals surface area contributed by atoms with Crippen LogP contribution in [0.1, 0.15) is 44.9 Å². The van der Waals surface area contributed by atoms with E-state index in [9.17, 15) is 10.2 Å². The van der Waals surface area contributed by atoms with E-state index in [1.165, 1.54) is 25.7 Å². The lowest BCUT2D eigenvalue weighted by atomic mass is 10.1. The Labute approximate surface area is 127 Å². The highest BCUT2D eigenvalue weighted by molar-refractivity contribution is 4.88. The summed E-state index contributed by atoms with van der Waals surface area (Å²) in [5, 5.41) is 28.3. The first-order chi connectivity index (χ1) is 10.2. The maximum Gasteiger partial charge on any atom is 0.114 e. The molecule has 4 atom stereocenters. The average molecular weight is 302 g/mol. The Morgan fingerprint density at radius 1 is 1.19 bits per heavy atom. The van der Waals surface area contributed by atoms with Crippen molar-refractivity contribution in [3.63, 3.8) is 0 Å². The van der Waals surface area contributed by atoms with Gasteiger partial charge in [-0.25, -0.2) is 0 Å². The van der Waals surface area contributed by atoms with Crippen LogP contribution >= 0.6 is 0 Å². The summed E-state index contributed by atoms with van der Waals surface area (Å²) in [5.74, 6) is 0. The zero-order valence-electron chi connectivity index (χ0n) is 12.8. The van der Waals surface area contributed by atoms with Gasteiger partial charge in [-0.2, -0.15) is 0 Å².